The second kappa shape index (κ2) is 7.24. The average molecular weight is 310 g/mol. The summed E-state index contributed by atoms with van der Waals surface area (Å²) in [6.45, 7) is 4.08. The van der Waals surface area contributed by atoms with E-state index >= 15 is 0 Å². The second-order valence-corrected chi connectivity index (χ2v) is 5.86. The molecular weight excluding hydrogens is 288 g/mol. The second-order valence-electron chi connectivity index (χ2n) is 5.86. The van der Waals surface area contributed by atoms with E-state index in [1.54, 1.807) is 6.20 Å². The summed E-state index contributed by atoms with van der Waals surface area (Å²) in [7, 11) is 2.08. The third-order valence-electron chi connectivity index (χ3n) is 4.11. The molecule has 1 aromatic carbocycles. The Morgan fingerprint density at radius 1 is 1.13 bits per heavy atom. The molecule has 5 nitrogen and oxygen atoms in total. The number of anilines is 1. The summed E-state index contributed by atoms with van der Waals surface area (Å²) in [5, 5.41) is 3.35. The van der Waals surface area contributed by atoms with Gasteiger partial charge in [-0.15, -0.1) is 0 Å². The molecule has 0 saturated carbocycles. The smallest absolute Gasteiger partial charge is 0.272 e. The van der Waals surface area contributed by atoms with Crippen molar-refractivity contribution in [3.63, 3.8) is 0 Å². The number of carbonyl (C=O) groups excluding carboxylic acids is 1. The van der Waals surface area contributed by atoms with Crippen molar-refractivity contribution in [3.8, 4) is 0 Å². The van der Waals surface area contributed by atoms with Gasteiger partial charge in [0.05, 0.1) is 0 Å². The quantitative estimate of drug-likeness (QED) is 0.939. The molecule has 0 unspecified atom stereocenters. The lowest BCUT2D eigenvalue weighted by atomic mass is 10.2. The van der Waals surface area contributed by atoms with Crippen molar-refractivity contribution < 1.29 is 4.79 Å². The van der Waals surface area contributed by atoms with Crippen LogP contribution in [-0.4, -0.2) is 53.9 Å². The number of likely N-dealkylation sites (N-methyl/N-ethyl adjacent to an activating group) is 1. The van der Waals surface area contributed by atoms with Crippen molar-refractivity contribution in [2.45, 2.75) is 6.54 Å². The summed E-state index contributed by atoms with van der Waals surface area (Å²) in [5.74, 6) is 0.0152. The van der Waals surface area contributed by atoms with E-state index in [0.717, 1.165) is 38.4 Å². The molecule has 1 fully saturated rings. The summed E-state index contributed by atoms with van der Waals surface area (Å²) < 4.78 is 0. The largest absolute Gasteiger partial charge is 0.381 e. The van der Waals surface area contributed by atoms with Crippen molar-refractivity contribution in [1.29, 1.82) is 0 Å². The van der Waals surface area contributed by atoms with Crippen molar-refractivity contribution in [2.75, 3.05) is 38.5 Å². The molecule has 23 heavy (non-hydrogen) atoms. The number of aromatic nitrogens is 1. The highest BCUT2D eigenvalue weighted by molar-refractivity contribution is 5.93. The molecule has 3 rings (SSSR count). The van der Waals surface area contributed by atoms with Gasteiger partial charge in [-0.3, -0.25) is 9.78 Å². The van der Waals surface area contributed by atoms with Crippen LogP contribution in [0.1, 0.15) is 16.1 Å². The van der Waals surface area contributed by atoms with Gasteiger partial charge in [0.25, 0.3) is 5.91 Å². The molecular formula is C18H22N4O. The van der Waals surface area contributed by atoms with Crippen LogP contribution < -0.4 is 5.32 Å². The zero-order valence-corrected chi connectivity index (χ0v) is 13.4. The minimum absolute atomic E-state index is 0.0152. The summed E-state index contributed by atoms with van der Waals surface area (Å²) in [6, 6.07) is 13.9. The SMILES string of the molecule is CN1CCN(C(=O)c2cc(NCc3ccccc3)ccn2)CC1. The van der Waals surface area contributed by atoms with E-state index in [0.29, 0.717) is 5.69 Å². The van der Waals surface area contributed by atoms with Crippen LogP contribution in [0.25, 0.3) is 0 Å². The molecule has 0 aliphatic carbocycles. The van der Waals surface area contributed by atoms with E-state index in [1.807, 2.05) is 35.2 Å². The highest BCUT2D eigenvalue weighted by atomic mass is 16.2. The number of carbonyl (C=O) groups is 1. The maximum atomic E-state index is 12.5. The fraction of sp³-hybridized carbons (Fsp3) is 0.333. The van der Waals surface area contributed by atoms with Crippen LogP contribution in [0.2, 0.25) is 0 Å². The molecule has 1 N–H and O–H groups in total. The highest BCUT2D eigenvalue weighted by Gasteiger charge is 2.21. The summed E-state index contributed by atoms with van der Waals surface area (Å²) in [5.41, 5.74) is 2.63. The van der Waals surface area contributed by atoms with E-state index in [2.05, 4.69) is 34.4 Å². The number of rotatable bonds is 4. The first-order chi connectivity index (χ1) is 11.2. The van der Waals surface area contributed by atoms with Gasteiger partial charge >= 0.3 is 0 Å². The van der Waals surface area contributed by atoms with Crippen LogP contribution >= 0.6 is 0 Å². The molecule has 0 atom stereocenters. The maximum Gasteiger partial charge on any atom is 0.272 e. The number of nitrogens with one attached hydrogen (secondary N) is 1. The third-order valence-corrected chi connectivity index (χ3v) is 4.11. The zero-order chi connectivity index (χ0) is 16.1. The molecule has 0 radical (unpaired) electrons. The van der Waals surface area contributed by atoms with Gasteiger partial charge in [-0.05, 0) is 24.7 Å². The van der Waals surface area contributed by atoms with Gasteiger partial charge in [0.1, 0.15) is 5.69 Å². The van der Waals surface area contributed by atoms with Gasteiger partial charge in [0.2, 0.25) is 0 Å². The Balaban J connectivity index is 1.64. The highest BCUT2D eigenvalue weighted by Crippen LogP contribution is 2.13. The minimum atomic E-state index is 0.0152. The number of piperazine rings is 1. The van der Waals surface area contributed by atoms with Gasteiger partial charge in [-0.2, -0.15) is 0 Å². The van der Waals surface area contributed by atoms with Crippen molar-refractivity contribution >= 4 is 11.6 Å². The lowest BCUT2D eigenvalue weighted by Crippen LogP contribution is -2.47. The van der Waals surface area contributed by atoms with Gasteiger partial charge in [-0.25, -0.2) is 0 Å². The summed E-state index contributed by atoms with van der Waals surface area (Å²) in [4.78, 5) is 20.9. The first-order valence-corrected chi connectivity index (χ1v) is 7.94. The van der Waals surface area contributed by atoms with Crippen LogP contribution in [0, 0.1) is 0 Å². The van der Waals surface area contributed by atoms with Crippen molar-refractivity contribution in [2.24, 2.45) is 0 Å². The van der Waals surface area contributed by atoms with Crippen molar-refractivity contribution in [3.05, 3.63) is 59.9 Å². The fourth-order valence-electron chi connectivity index (χ4n) is 2.63. The number of amides is 1. The predicted octanol–water partition coefficient (Wildman–Crippen LogP) is 2.08. The average Bonchev–Trinajstić information content (AvgIpc) is 2.61. The lowest BCUT2D eigenvalue weighted by Gasteiger charge is -2.32. The Labute approximate surface area is 136 Å². The zero-order valence-electron chi connectivity index (χ0n) is 13.4. The maximum absolute atomic E-state index is 12.5. The van der Waals surface area contributed by atoms with Gasteiger partial charge in [0, 0.05) is 44.6 Å². The Morgan fingerprint density at radius 3 is 2.61 bits per heavy atom. The van der Waals surface area contributed by atoms with Crippen LogP contribution in [-0.2, 0) is 6.54 Å². The van der Waals surface area contributed by atoms with Crippen LogP contribution in [0.5, 0.6) is 0 Å². The van der Waals surface area contributed by atoms with Crippen LogP contribution in [0.3, 0.4) is 0 Å². The topological polar surface area (TPSA) is 48.5 Å². The van der Waals surface area contributed by atoms with E-state index in [4.69, 9.17) is 0 Å². The molecule has 2 aromatic rings. The molecule has 0 spiro atoms. The van der Waals surface area contributed by atoms with E-state index < -0.39 is 0 Å². The molecule has 1 amide bonds. The molecule has 0 bridgehead atoms. The van der Waals surface area contributed by atoms with Crippen molar-refractivity contribution in [1.82, 2.24) is 14.8 Å². The number of hydrogen-bond donors (Lipinski definition) is 1. The number of pyridine rings is 1. The Hall–Kier alpha value is -2.40. The Morgan fingerprint density at radius 2 is 1.87 bits per heavy atom. The van der Waals surface area contributed by atoms with E-state index in [9.17, 15) is 4.79 Å². The minimum Gasteiger partial charge on any atom is -0.381 e. The molecule has 2 heterocycles. The molecule has 1 aromatic heterocycles. The molecule has 1 aliphatic heterocycles. The monoisotopic (exact) mass is 310 g/mol. The van der Waals surface area contributed by atoms with Crippen LogP contribution in [0.4, 0.5) is 5.69 Å². The number of nitrogens with zero attached hydrogens (tertiary/aromatic N) is 3. The first kappa shape index (κ1) is 15.5. The molecule has 5 heteroatoms. The Kier molecular flexibility index (Phi) is 4.88. The molecule has 1 saturated heterocycles. The number of hydrogen-bond acceptors (Lipinski definition) is 4. The van der Waals surface area contributed by atoms with Gasteiger partial charge in [0.15, 0.2) is 0 Å². The molecule has 1 aliphatic rings. The first-order valence-electron chi connectivity index (χ1n) is 7.94. The van der Waals surface area contributed by atoms with Gasteiger partial charge in [-0.1, -0.05) is 30.3 Å². The van der Waals surface area contributed by atoms with E-state index in [-0.39, 0.29) is 5.91 Å². The fourth-order valence-corrected chi connectivity index (χ4v) is 2.63. The normalized spacial score (nSPS) is 15.4. The van der Waals surface area contributed by atoms with Crippen LogP contribution in [0.15, 0.2) is 48.7 Å². The predicted molar refractivity (Wildman–Crippen MR) is 91.4 cm³/mol. The third kappa shape index (κ3) is 4.07. The Bertz CT molecular complexity index is 651. The standard InChI is InChI=1S/C18H22N4O/c1-21-9-11-22(12-10-21)18(23)17-13-16(7-8-19-17)20-14-15-5-3-2-4-6-15/h2-8,13H,9-12,14H2,1H3,(H,19,20). The summed E-state index contributed by atoms with van der Waals surface area (Å²) >= 11 is 0. The summed E-state index contributed by atoms with van der Waals surface area (Å²) in [6.07, 6.45) is 1.69. The van der Waals surface area contributed by atoms with E-state index in [1.165, 1.54) is 5.56 Å². The molecule has 120 valence electrons. The number of benzene rings is 1. The van der Waals surface area contributed by atoms with Gasteiger partial charge < -0.3 is 15.1 Å². The lowest BCUT2D eigenvalue weighted by molar-refractivity contribution is 0.0658.